The van der Waals surface area contributed by atoms with Gasteiger partial charge >= 0.3 is 5.97 Å². The molecule has 1 aromatic rings. The van der Waals surface area contributed by atoms with Crippen LogP contribution in [0.2, 0.25) is 0 Å². The fraction of sp³-hybridized carbons (Fsp3) is 0.583. The van der Waals surface area contributed by atoms with Crippen LogP contribution in [0.1, 0.15) is 31.4 Å². The van der Waals surface area contributed by atoms with E-state index in [1.807, 2.05) is 6.92 Å². The fourth-order valence-corrected chi connectivity index (χ4v) is 3.34. The van der Waals surface area contributed by atoms with Crippen molar-refractivity contribution in [3.8, 4) is 0 Å². The van der Waals surface area contributed by atoms with E-state index in [-0.39, 0.29) is 5.91 Å². The molecule has 2 atom stereocenters. The van der Waals surface area contributed by atoms with Gasteiger partial charge in [-0.25, -0.2) is 4.79 Å². The van der Waals surface area contributed by atoms with Crippen LogP contribution in [0.25, 0.3) is 0 Å². The van der Waals surface area contributed by atoms with Gasteiger partial charge in [0.15, 0.2) is 6.04 Å². The van der Waals surface area contributed by atoms with Gasteiger partial charge in [0, 0.05) is 18.8 Å². The number of carboxylic acid groups (broad SMARTS) is 1. The molecule has 1 aliphatic heterocycles. The number of rotatable bonds is 4. The number of carboxylic acids is 1. The molecule has 1 amide bonds. The van der Waals surface area contributed by atoms with Crippen LogP contribution in [-0.4, -0.2) is 37.3 Å². The van der Waals surface area contributed by atoms with Crippen LogP contribution in [0.15, 0.2) is 12.4 Å². The van der Waals surface area contributed by atoms with E-state index < -0.39 is 16.8 Å². The first kappa shape index (κ1) is 13.9. The number of aliphatic carboxylic acids is 1. The highest BCUT2D eigenvalue weighted by molar-refractivity contribution is 8.01. The van der Waals surface area contributed by atoms with Crippen LogP contribution in [0.3, 0.4) is 0 Å². The molecule has 1 aromatic heterocycles. The average molecular weight is 283 g/mol. The van der Waals surface area contributed by atoms with Gasteiger partial charge in [0.1, 0.15) is 0 Å². The number of amides is 1. The van der Waals surface area contributed by atoms with E-state index in [1.54, 1.807) is 25.0 Å². The first-order chi connectivity index (χ1) is 8.92. The monoisotopic (exact) mass is 283 g/mol. The third-order valence-electron chi connectivity index (χ3n) is 3.28. The Balaban J connectivity index is 2.13. The zero-order valence-electron chi connectivity index (χ0n) is 10.9. The van der Waals surface area contributed by atoms with Crippen molar-refractivity contribution in [1.82, 2.24) is 15.1 Å². The first-order valence-electron chi connectivity index (χ1n) is 6.09. The molecule has 6 nitrogen and oxygen atoms in total. The Labute approximate surface area is 115 Å². The van der Waals surface area contributed by atoms with Crippen LogP contribution in [0.4, 0.5) is 0 Å². The number of thioether (sulfide) groups is 1. The molecular weight excluding hydrogens is 266 g/mol. The molecule has 1 saturated heterocycles. The molecule has 104 valence electrons. The number of hydrogen-bond acceptors (Lipinski definition) is 4. The van der Waals surface area contributed by atoms with Crippen molar-refractivity contribution in [2.24, 2.45) is 7.05 Å². The van der Waals surface area contributed by atoms with Crippen molar-refractivity contribution in [1.29, 1.82) is 0 Å². The molecule has 7 heteroatoms. The SMILES string of the molecule is Cn1cc(C(NC(=O)C2(C)CCCS2)C(=O)O)cn1. The Morgan fingerprint density at radius 1 is 1.63 bits per heavy atom. The topological polar surface area (TPSA) is 84.2 Å². The molecule has 0 saturated carbocycles. The highest BCUT2D eigenvalue weighted by Gasteiger charge is 2.39. The second-order valence-electron chi connectivity index (χ2n) is 4.87. The standard InChI is InChI=1S/C12H17N3O3S/c1-12(4-3-5-19-12)11(18)14-9(10(16)17)8-6-13-15(2)7-8/h6-7,9H,3-5H2,1-2H3,(H,14,18)(H,16,17). The summed E-state index contributed by atoms with van der Waals surface area (Å²) in [6, 6.07) is -1.04. The summed E-state index contributed by atoms with van der Waals surface area (Å²) in [5.41, 5.74) is 0.481. The molecule has 0 aromatic carbocycles. The molecule has 1 aliphatic rings. The minimum Gasteiger partial charge on any atom is -0.479 e. The lowest BCUT2D eigenvalue weighted by Gasteiger charge is -2.24. The summed E-state index contributed by atoms with van der Waals surface area (Å²) in [6.07, 6.45) is 4.83. The molecule has 0 bridgehead atoms. The van der Waals surface area contributed by atoms with Gasteiger partial charge in [-0.2, -0.15) is 5.10 Å². The Bertz CT molecular complexity index is 494. The number of carbonyl (C=O) groups excluding carboxylic acids is 1. The van der Waals surface area contributed by atoms with Gasteiger partial charge < -0.3 is 10.4 Å². The predicted octanol–water partition coefficient (Wildman–Crippen LogP) is 0.948. The van der Waals surface area contributed by atoms with Gasteiger partial charge in [-0.1, -0.05) is 0 Å². The van der Waals surface area contributed by atoms with Crippen molar-refractivity contribution < 1.29 is 14.7 Å². The third-order valence-corrected chi connectivity index (χ3v) is 4.80. The van der Waals surface area contributed by atoms with E-state index in [9.17, 15) is 14.7 Å². The van der Waals surface area contributed by atoms with Gasteiger partial charge in [-0.15, -0.1) is 11.8 Å². The average Bonchev–Trinajstić information content (AvgIpc) is 2.95. The maximum Gasteiger partial charge on any atom is 0.331 e. The van der Waals surface area contributed by atoms with Gasteiger partial charge in [-0.3, -0.25) is 9.48 Å². The molecule has 0 aliphatic carbocycles. The smallest absolute Gasteiger partial charge is 0.331 e. The summed E-state index contributed by atoms with van der Waals surface area (Å²) < 4.78 is 0.999. The zero-order valence-corrected chi connectivity index (χ0v) is 11.7. The minimum absolute atomic E-state index is 0.216. The van der Waals surface area contributed by atoms with Crippen molar-refractivity contribution >= 4 is 23.6 Å². The van der Waals surface area contributed by atoms with Crippen LogP contribution >= 0.6 is 11.8 Å². The number of aryl methyl sites for hydroxylation is 1. The lowest BCUT2D eigenvalue weighted by molar-refractivity contribution is -0.142. The molecule has 19 heavy (non-hydrogen) atoms. The van der Waals surface area contributed by atoms with E-state index in [2.05, 4.69) is 10.4 Å². The molecule has 1 fully saturated rings. The molecule has 0 spiro atoms. The number of carbonyl (C=O) groups is 2. The first-order valence-corrected chi connectivity index (χ1v) is 7.07. The van der Waals surface area contributed by atoms with Crippen LogP contribution in [-0.2, 0) is 16.6 Å². The van der Waals surface area contributed by atoms with E-state index in [1.165, 1.54) is 10.9 Å². The molecule has 2 rings (SSSR count). The summed E-state index contributed by atoms with van der Waals surface area (Å²) in [5.74, 6) is -0.353. The molecule has 0 radical (unpaired) electrons. The van der Waals surface area contributed by atoms with E-state index in [0.717, 1.165) is 18.6 Å². The summed E-state index contributed by atoms with van der Waals surface area (Å²) in [7, 11) is 1.71. The Morgan fingerprint density at radius 2 is 2.37 bits per heavy atom. The van der Waals surface area contributed by atoms with Crippen molar-refractivity contribution in [2.75, 3.05) is 5.75 Å². The molecule has 2 unspecified atom stereocenters. The lowest BCUT2D eigenvalue weighted by Crippen LogP contribution is -2.44. The summed E-state index contributed by atoms with van der Waals surface area (Å²) in [5, 5.41) is 15.8. The number of nitrogens with zero attached hydrogens (tertiary/aromatic N) is 2. The number of aromatic nitrogens is 2. The van der Waals surface area contributed by atoms with E-state index in [4.69, 9.17) is 0 Å². The minimum atomic E-state index is -1.08. The largest absolute Gasteiger partial charge is 0.479 e. The second-order valence-corrected chi connectivity index (χ2v) is 6.47. The normalized spacial score (nSPS) is 24.1. The quantitative estimate of drug-likeness (QED) is 0.859. The lowest BCUT2D eigenvalue weighted by atomic mass is 10.0. The van der Waals surface area contributed by atoms with Gasteiger partial charge in [0.05, 0.1) is 10.9 Å². The van der Waals surface area contributed by atoms with Crippen LogP contribution < -0.4 is 5.32 Å². The third kappa shape index (κ3) is 2.91. The maximum absolute atomic E-state index is 12.2. The predicted molar refractivity (Wildman–Crippen MR) is 71.8 cm³/mol. The fourth-order valence-electron chi connectivity index (χ4n) is 2.12. The maximum atomic E-state index is 12.2. The Hall–Kier alpha value is -1.50. The zero-order chi connectivity index (χ0) is 14.0. The highest BCUT2D eigenvalue weighted by Crippen LogP contribution is 2.38. The number of hydrogen-bond donors (Lipinski definition) is 2. The van der Waals surface area contributed by atoms with Gasteiger partial charge in [0.25, 0.3) is 0 Å². The molecule has 2 N–H and O–H groups in total. The number of nitrogens with one attached hydrogen (secondary N) is 1. The van der Waals surface area contributed by atoms with Crippen molar-refractivity contribution in [2.45, 2.75) is 30.6 Å². The summed E-state index contributed by atoms with van der Waals surface area (Å²) in [6.45, 7) is 1.86. The van der Waals surface area contributed by atoms with Gasteiger partial charge in [0.2, 0.25) is 5.91 Å². The van der Waals surface area contributed by atoms with Crippen molar-refractivity contribution in [3.63, 3.8) is 0 Å². The summed E-state index contributed by atoms with van der Waals surface area (Å²) in [4.78, 5) is 23.5. The van der Waals surface area contributed by atoms with Crippen molar-refractivity contribution in [3.05, 3.63) is 18.0 Å². The molecule has 2 heterocycles. The Morgan fingerprint density at radius 3 is 2.84 bits per heavy atom. The van der Waals surface area contributed by atoms with Gasteiger partial charge in [-0.05, 0) is 25.5 Å². The molecular formula is C12H17N3O3S. The van der Waals surface area contributed by atoms with E-state index in [0.29, 0.717) is 5.56 Å². The van der Waals surface area contributed by atoms with Crippen LogP contribution in [0.5, 0.6) is 0 Å². The summed E-state index contributed by atoms with van der Waals surface area (Å²) >= 11 is 1.58. The second kappa shape index (κ2) is 5.24. The van der Waals surface area contributed by atoms with Crippen LogP contribution in [0, 0.1) is 0 Å². The highest BCUT2D eigenvalue weighted by atomic mass is 32.2. The van der Waals surface area contributed by atoms with E-state index >= 15 is 0 Å². The Kier molecular flexibility index (Phi) is 3.84.